The standard InChI is InChI=1S/C28H31N7O4/c36-24-10-8-23(9-11-24)32-28-34-26(33-27(35-28)31-22-5-2-1-3-6-22)30-16-18-39-20-19-38-17-4-7-25(37)21-12-14-29-15-13-21/h1-3,5-6,8-15,36H,4,7,16-20H2,(H3,30,31,32,33,34,35). The van der Waals surface area contributed by atoms with E-state index in [1.807, 2.05) is 30.3 Å². The lowest BCUT2D eigenvalue weighted by molar-refractivity contribution is 0.0497. The van der Waals surface area contributed by atoms with Gasteiger partial charge < -0.3 is 30.5 Å². The number of nitrogens with one attached hydrogen (secondary N) is 3. The average Bonchev–Trinajstić information content (AvgIpc) is 2.96. The number of phenols is 1. The molecule has 0 saturated heterocycles. The van der Waals surface area contributed by atoms with Crippen molar-refractivity contribution in [3.63, 3.8) is 0 Å². The molecule has 39 heavy (non-hydrogen) atoms. The van der Waals surface area contributed by atoms with Crippen LogP contribution in [0.1, 0.15) is 23.2 Å². The molecule has 0 atom stereocenters. The molecule has 4 N–H and O–H groups in total. The number of benzene rings is 2. The summed E-state index contributed by atoms with van der Waals surface area (Å²) in [5, 5.41) is 19.0. The molecule has 0 spiro atoms. The van der Waals surface area contributed by atoms with E-state index in [0.717, 1.165) is 11.4 Å². The summed E-state index contributed by atoms with van der Waals surface area (Å²) >= 11 is 0. The van der Waals surface area contributed by atoms with Gasteiger partial charge in [-0.3, -0.25) is 9.78 Å². The number of aromatic hydroxyl groups is 1. The van der Waals surface area contributed by atoms with Crippen LogP contribution in [0.15, 0.2) is 79.1 Å². The maximum absolute atomic E-state index is 12.1. The molecular weight excluding hydrogens is 498 g/mol. The topological polar surface area (TPSA) is 143 Å². The minimum atomic E-state index is 0.0882. The zero-order valence-corrected chi connectivity index (χ0v) is 21.4. The molecule has 0 saturated carbocycles. The predicted octanol–water partition coefficient (Wildman–Crippen LogP) is 4.57. The van der Waals surface area contributed by atoms with Crippen LogP contribution in [0.2, 0.25) is 0 Å². The van der Waals surface area contributed by atoms with Crippen molar-refractivity contribution < 1.29 is 19.4 Å². The number of carbonyl (C=O) groups excluding carboxylic acids is 1. The van der Waals surface area contributed by atoms with Crippen molar-refractivity contribution in [3.05, 3.63) is 84.7 Å². The molecule has 2 aromatic heterocycles. The zero-order valence-electron chi connectivity index (χ0n) is 21.4. The minimum absolute atomic E-state index is 0.0882. The first-order chi connectivity index (χ1) is 19.2. The molecule has 4 aromatic rings. The van der Waals surface area contributed by atoms with Crippen molar-refractivity contribution in [3.8, 4) is 5.75 Å². The van der Waals surface area contributed by atoms with E-state index in [4.69, 9.17) is 9.47 Å². The molecule has 0 aliphatic rings. The second-order valence-corrected chi connectivity index (χ2v) is 8.38. The van der Waals surface area contributed by atoms with Crippen LogP contribution in [0.4, 0.5) is 29.2 Å². The molecular formula is C28H31N7O4. The van der Waals surface area contributed by atoms with Gasteiger partial charge >= 0.3 is 0 Å². The van der Waals surface area contributed by atoms with E-state index in [2.05, 4.69) is 35.9 Å². The molecule has 0 bridgehead atoms. The number of hydrogen-bond acceptors (Lipinski definition) is 11. The number of carbonyl (C=O) groups is 1. The van der Waals surface area contributed by atoms with Gasteiger partial charge in [0.2, 0.25) is 17.8 Å². The number of anilines is 5. The quantitative estimate of drug-likeness (QED) is 0.0920. The van der Waals surface area contributed by atoms with Crippen molar-refractivity contribution in [2.45, 2.75) is 12.8 Å². The number of aromatic nitrogens is 4. The summed E-state index contributed by atoms with van der Waals surface area (Å²) in [4.78, 5) is 29.3. The number of Topliss-reactive ketones (excluding diaryl/α,β-unsaturated/α-hetero) is 1. The average molecular weight is 530 g/mol. The Morgan fingerprint density at radius 2 is 1.33 bits per heavy atom. The predicted molar refractivity (Wildman–Crippen MR) is 149 cm³/mol. The summed E-state index contributed by atoms with van der Waals surface area (Å²) in [5.41, 5.74) is 2.24. The highest BCUT2D eigenvalue weighted by molar-refractivity contribution is 5.95. The Bertz CT molecular complexity index is 1290. The lowest BCUT2D eigenvalue weighted by atomic mass is 10.1. The number of pyridine rings is 1. The summed E-state index contributed by atoms with van der Waals surface area (Å²) < 4.78 is 11.2. The Labute approximate surface area is 226 Å². The summed E-state index contributed by atoms with van der Waals surface area (Å²) in [6.07, 6.45) is 4.32. The van der Waals surface area contributed by atoms with E-state index >= 15 is 0 Å². The Balaban J connectivity index is 1.18. The first kappa shape index (κ1) is 27.4. The molecule has 0 unspecified atom stereocenters. The monoisotopic (exact) mass is 529 g/mol. The molecule has 11 nitrogen and oxygen atoms in total. The molecule has 0 radical (unpaired) electrons. The zero-order chi connectivity index (χ0) is 27.1. The van der Waals surface area contributed by atoms with Crippen molar-refractivity contribution in [2.75, 3.05) is 48.9 Å². The molecule has 11 heteroatoms. The van der Waals surface area contributed by atoms with Crippen molar-refractivity contribution >= 4 is 35.0 Å². The smallest absolute Gasteiger partial charge is 0.233 e. The second kappa shape index (κ2) is 15.0. The molecule has 202 valence electrons. The van der Waals surface area contributed by atoms with Gasteiger partial charge in [0.1, 0.15) is 5.75 Å². The molecule has 0 fully saturated rings. The first-order valence-corrected chi connectivity index (χ1v) is 12.6. The van der Waals surface area contributed by atoms with E-state index in [9.17, 15) is 9.90 Å². The maximum Gasteiger partial charge on any atom is 0.233 e. The number of hydrogen-bond donors (Lipinski definition) is 4. The summed E-state index contributed by atoms with van der Waals surface area (Å²) in [5.74, 6) is 1.35. The van der Waals surface area contributed by atoms with Crippen molar-refractivity contribution in [1.29, 1.82) is 0 Å². The van der Waals surface area contributed by atoms with E-state index in [1.165, 1.54) is 0 Å². The Morgan fingerprint density at radius 1 is 0.718 bits per heavy atom. The lowest BCUT2D eigenvalue weighted by Gasteiger charge is -2.12. The van der Waals surface area contributed by atoms with Crippen LogP contribution in [0.5, 0.6) is 5.75 Å². The number of rotatable bonds is 16. The highest BCUT2D eigenvalue weighted by atomic mass is 16.5. The SMILES string of the molecule is O=C(CCCOCCOCCNc1nc(Nc2ccccc2)nc(Nc2ccc(O)cc2)n1)c1ccncc1. The van der Waals surface area contributed by atoms with Crippen molar-refractivity contribution in [1.82, 2.24) is 19.9 Å². The molecule has 0 aliphatic heterocycles. The van der Waals surface area contributed by atoms with Crippen LogP contribution in [0.3, 0.4) is 0 Å². The van der Waals surface area contributed by atoms with Crippen LogP contribution in [-0.2, 0) is 9.47 Å². The minimum Gasteiger partial charge on any atom is -0.508 e. The number of para-hydroxylation sites is 1. The molecule has 0 aliphatic carbocycles. The Hall–Kier alpha value is -4.61. The molecule has 4 rings (SSSR count). The van der Waals surface area contributed by atoms with Crippen LogP contribution >= 0.6 is 0 Å². The summed E-state index contributed by atoms with van der Waals surface area (Å²) in [7, 11) is 0. The van der Waals surface area contributed by atoms with Gasteiger partial charge in [-0.15, -0.1) is 0 Å². The Morgan fingerprint density at radius 3 is 2.03 bits per heavy atom. The van der Waals surface area contributed by atoms with Crippen molar-refractivity contribution in [2.24, 2.45) is 0 Å². The van der Waals surface area contributed by atoms with Gasteiger partial charge in [-0.25, -0.2) is 0 Å². The normalized spacial score (nSPS) is 10.7. The van der Waals surface area contributed by atoms with E-state index in [0.29, 0.717) is 69.2 Å². The number of phenolic OH excluding ortho intramolecular Hbond substituents is 1. The third-order valence-electron chi connectivity index (χ3n) is 5.39. The van der Waals surface area contributed by atoms with Gasteiger partial charge in [0.15, 0.2) is 5.78 Å². The van der Waals surface area contributed by atoms with Crippen LogP contribution in [0, 0.1) is 0 Å². The van der Waals surface area contributed by atoms with Gasteiger partial charge in [-0.1, -0.05) is 18.2 Å². The Kier molecular flexibility index (Phi) is 10.5. The van der Waals surface area contributed by atoms with Gasteiger partial charge in [-0.2, -0.15) is 15.0 Å². The fourth-order valence-corrected chi connectivity index (χ4v) is 3.47. The van der Waals surface area contributed by atoms with Crippen LogP contribution < -0.4 is 16.0 Å². The van der Waals surface area contributed by atoms with E-state index in [1.54, 1.807) is 48.8 Å². The van der Waals surface area contributed by atoms with Gasteiger partial charge in [0.25, 0.3) is 0 Å². The molecule has 0 amide bonds. The fraction of sp³-hybridized carbons (Fsp3) is 0.250. The summed E-state index contributed by atoms with van der Waals surface area (Å²) in [6, 6.07) is 19.6. The highest BCUT2D eigenvalue weighted by Gasteiger charge is 2.08. The number of ether oxygens (including phenoxy) is 2. The van der Waals surface area contributed by atoms with Crippen LogP contribution in [0.25, 0.3) is 0 Å². The lowest BCUT2D eigenvalue weighted by Crippen LogP contribution is -2.15. The fourth-order valence-electron chi connectivity index (χ4n) is 3.47. The van der Waals surface area contributed by atoms with Crippen LogP contribution in [-0.4, -0.2) is 63.8 Å². The molecule has 2 heterocycles. The van der Waals surface area contributed by atoms with Gasteiger partial charge in [0, 0.05) is 48.9 Å². The van der Waals surface area contributed by atoms with Gasteiger partial charge in [-0.05, 0) is 55.0 Å². The maximum atomic E-state index is 12.1. The van der Waals surface area contributed by atoms with E-state index < -0.39 is 0 Å². The summed E-state index contributed by atoms with van der Waals surface area (Å²) in [6.45, 7) is 2.29. The van der Waals surface area contributed by atoms with Gasteiger partial charge in [0.05, 0.1) is 19.8 Å². The second-order valence-electron chi connectivity index (χ2n) is 8.38. The molecule has 2 aromatic carbocycles. The number of ketones is 1. The van der Waals surface area contributed by atoms with E-state index in [-0.39, 0.29) is 11.5 Å². The largest absolute Gasteiger partial charge is 0.508 e. The third kappa shape index (κ3) is 9.65. The number of nitrogens with zero attached hydrogens (tertiary/aromatic N) is 4. The first-order valence-electron chi connectivity index (χ1n) is 12.6. The highest BCUT2D eigenvalue weighted by Crippen LogP contribution is 2.20. The third-order valence-corrected chi connectivity index (χ3v) is 5.39.